The Balaban J connectivity index is 1.50. The molecule has 176 valence electrons. The number of benzene rings is 4. The van der Waals surface area contributed by atoms with E-state index in [0.29, 0.717) is 13.1 Å². The van der Waals surface area contributed by atoms with Crippen LogP contribution in [0.25, 0.3) is 0 Å². The van der Waals surface area contributed by atoms with Crippen molar-refractivity contribution in [2.24, 2.45) is 0 Å². The lowest BCUT2D eigenvalue weighted by molar-refractivity contribution is -0.120. The van der Waals surface area contributed by atoms with Gasteiger partial charge in [-0.15, -0.1) is 0 Å². The molecule has 35 heavy (non-hydrogen) atoms. The number of hydrogen-bond acceptors (Lipinski definition) is 3. The average Bonchev–Trinajstić information content (AvgIpc) is 2.92. The van der Waals surface area contributed by atoms with Gasteiger partial charge in [0.15, 0.2) is 0 Å². The van der Waals surface area contributed by atoms with Crippen LogP contribution in [-0.2, 0) is 17.8 Å². The molecule has 4 aromatic rings. The first kappa shape index (κ1) is 22.9. The number of anilines is 1. The Kier molecular flexibility index (Phi) is 6.92. The van der Waals surface area contributed by atoms with Crippen LogP contribution in [0.2, 0.25) is 0 Å². The minimum Gasteiger partial charge on any atom is -0.496 e. The third-order valence-electron chi connectivity index (χ3n) is 6.68. The number of amides is 1. The highest BCUT2D eigenvalue weighted by Gasteiger charge is 2.30. The van der Waals surface area contributed by atoms with Gasteiger partial charge in [-0.05, 0) is 41.3 Å². The Morgan fingerprint density at radius 1 is 0.829 bits per heavy atom. The van der Waals surface area contributed by atoms with E-state index < -0.39 is 0 Å². The maximum Gasteiger partial charge on any atom is 0.242 e. The summed E-state index contributed by atoms with van der Waals surface area (Å²) in [6.07, 6.45) is 0.909. The van der Waals surface area contributed by atoms with Crippen LogP contribution in [-0.4, -0.2) is 31.0 Å². The molecule has 1 aliphatic rings. The first-order valence-corrected chi connectivity index (χ1v) is 12.1. The van der Waals surface area contributed by atoms with Gasteiger partial charge in [0, 0.05) is 24.3 Å². The van der Waals surface area contributed by atoms with Crippen LogP contribution in [0, 0.1) is 0 Å². The maximum atomic E-state index is 14.1. The largest absolute Gasteiger partial charge is 0.496 e. The van der Waals surface area contributed by atoms with E-state index in [0.717, 1.165) is 35.5 Å². The molecule has 0 atom stereocenters. The van der Waals surface area contributed by atoms with E-state index in [1.54, 1.807) is 7.11 Å². The van der Waals surface area contributed by atoms with Crippen molar-refractivity contribution >= 4 is 11.6 Å². The molecule has 0 saturated carbocycles. The molecule has 4 aromatic carbocycles. The van der Waals surface area contributed by atoms with Crippen molar-refractivity contribution in [3.8, 4) is 5.75 Å². The predicted molar refractivity (Wildman–Crippen MR) is 141 cm³/mol. The number of fused-ring (bicyclic) bond motifs is 1. The Labute approximate surface area is 207 Å². The Morgan fingerprint density at radius 2 is 1.43 bits per heavy atom. The smallest absolute Gasteiger partial charge is 0.242 e. The SMILES string of the molecule is COc1cccc2c1CN(CC(=O)N(c1ccccc1)C(c1ccccc1)c1ccccc1)CC2. The van der Waals surface area contributed by atoms with Crippen molar-refractivity contribution in [3.05, 3.63) is 131 Å². The summed E-state index contributed by atoms with van der Waals surface area (Å²) in [7, 11) is 1.71. The van der Waals surface area contributed by atoms with E-state index in [9.17, 15) is 4.79 Å². The van der Waals surface area contributed by atoms with Crippen molar-refractivity contribution in [2.45, 2.75) is 19.0 Å². The first-order chi connectivity index (χ1) is 17.2. The number of rotatable bonds is 7. The van der Waals surface area contributed by atoms with Gasteiger partial charge in [0.2, 0.25) is 5.91 Å². The monoisotopic (exact) mass is 462 g/mol. The molecule has 4 nitrogen and oxygen atoms in total. The first-order valence-electron chi connectivity index (χ1n) is 12.1. The zero-order chi connectivity index (χ0) is 24.0. The summed E-state index contributed by atoms with van der Waals surface area (Å²) >= 11 is 0. The van der Waals surface area contributed by atoms with Gasteiger partial charge in [0.25, 0.3) is 0 Å². The molecule has 0 aromatic heterocycles. The summed E-state index contributed by atoms with van der Waals surface area (Å²) in [4.78, 5) is 18.3. The average molecular weight is 463 g/mol. The highest BCUT2D eigenvalue weighted by atomic mass is 16.5. The topological polar surface area (TPSA) is 32.8 Å². The third kappa shape index (κ3) is 4.98. The van der Waals surface area contributed by atoms with E-state index in [4.69, 9.17) is 4.74 Å². The molecule has 0 radical (unpaired) electrons. The summed E-state index contributed by atoms with van der Waals surface area (Å²) in [5.74, 6) is 0.971. The summed E-state index contributed by atoms with van der Waals surface area (Å²) in [6, 6.07) is 36.6. The van der Waals surface area contributed by atoms with Gasteiger partial charge in [0.05, 0.1) is 19.7 Å². The number of ether oxygens (including phenoxy) is 1. The van der Waals surface area contributed by atoms with Crippen LogP contribution >= 0.6 is 0 Å². The lowest BCUT2D eigenvalue weighted by atomic mass is 9.95. The van der Waals surface area contributed by atoms with Crippen molar-refractivity contribution < 1.29 is 9.53 Å². The Bertz CT molecular complexity index is 1210. The molecule has 0 aliphatic carbocycles. The third-order valence-corrected chi connectivity index (χ3v) is 6.68. The number of carbonyl (C=O) groups is 1. The number of methoxy groups -OCH3 is 1. The molecule has 0 unspecified atom stereocenters. The second-order valence-corrected chi connectivity index (χ2v) is 8.88. The fourth-order valence-electron chi connectivity index (χ4n) is 4.99. The molecule has 0 N–H and O–H groups in total. The van der Waals surface area contributed by atoms with Gasteiger partial charge in [0.1, 0.15) is 5.75 Å². The van der Waals surface area contributed by atoms with Crippen molar-refractivity contribution in [3.63, 3.8) is 0 Å². The van der Waals surface area contributed by atoms with Crippen LogP contribution < -0.4 is 9.64 Å². The fraction of sp³-hybridized carbons (Fsp3) is 0.194. The van der Waals surface area contributed by atoms with Crippen LogP contribution in [0.15, 0.2) is 109 Å². The quantitative estimate of drug-likeness (QED) is 0.344. The summed E-state index contributed by atoms with van der Waals surface area (Å²) < 4.78 is 5.61. The Hall–Kier alpha value is -3.89. The van der Waals surface area contributed by atoms with Crippen molar-refractivity contribution in [1.29, 1.82) is 0 Å². The lowest BCUT2D eigenvalue weighted by Gasteiger charge is -2.36. The van der Waals surface area contributed by atoms with Crippen molar-refractivity contribution in [1.82, 2.24) is 4.90 Å². The second kappa shape index (κ2) is 10.6. The van der Waals surface area contributed by atoms with Crippen LogP contribution in [0.3, 0.4) is 0 Å². The minimum absolute atomic E-state index is 0.0762. The molecule has 0 bridgehead atoms. The van der Waals surface area contributed by atoms with E-state index >= 15 is 0 Å². The fourth-order valence-corrected chi connectivity index (χ4v) is 4.99. The molecular weight excluding hydrogens is 432 g/mol. The highest BCUT2D eigenvalue weighted by molar-refractivity contribution is 5.96. The van der Waals surface area contributed by atoms with Gasteiger partial charge < -0.3 is 4.74 Å². The van der Waals surface area contributed by atoms with Crippen LogP contribution in [0.4, 0.5) is 5.69 Å². The van der Waals surface area contributed by atoms with Gasteiger partial charge in [-0.25, -0.2) is 0 Å². The summed E-state index contributed by atoms with van der Waals surface area (Å²) in [6.45, 7) is 1.88. The lowest BCUT2D eigenvalue weighted by Crippen LogP contribution is -2.44. The molecule has 4 heteroatoms. The highest BCUT2D eigenvalue weighted by Crippen LogP contribution is 2.34. The number of nitrogens with zero attached hydrogens (tertiary/aromatic N) is 2. The second-order valence-electron chi connectivity index (χ2n) is 8.88. The zero-order valence-electron chi connectivity index (χ0n) is 20.0. The van der Waals surface area contributed by atoms with E-state index in [1.807, 2.05) is 83.8 Å². The maximum absolute atomic E-state index is 14.1. The van der Waals surface area contributed by atoms with E-state index in [-0.39, 0.29) is 11.9 Å². The molecule has 0 saturated heterocycles. The summed E-state index contributed by atoms with van der Waals surface area (Å²) in [5.41, 5.74) is 5.55. The van der Waals surface area contributed by atoms with Gasteiger partial charge in [-0.3, -0.25) is 14.6 Å². The molecular formula is C31H30N2O2. The standard InChI is InChI=1S/C31H30N2O2/c1-35-29-19-11-16-24-20-21-32(22-28(24)29)23-30(34)33(27-17-9-4-10-18-27)31(25-12-5-2-6-13-25)26-14-7-3-8-15-26/h2-19,31H,20-23H2,1H3. The number of carbonyl (C=O) groups excluding carboxylic acids is 1. The molecule has 1 amide bonds. The van der Waals surface area contributed by atoms with Gasteiger partial charge in [-0.2, -0.15) is 0 Å². The molecule has 1 aliphatic heterocycles. The van der Waals surface area contributed by atoms with Crippen LogP contribution in [0.5, 0.6) is 5.75 Å². The number of para-hydroxylation sites is 1. The predicted octanol–water partition coefficient (Wildman–Crippen LogP) is 5.88. The zero-order valence-corrected chi connectivity index (χ0v) is 20.0. The van der Waals surface area contributed by atoms with Crippen molar-refractivity contribution in [2.75, 3.05) is 25.1 Å². The van der Waals surface area contributed by atoms with E-state index in [1.165, 1.54) is 11.1 Å². The van der Waals surface area contributed by atoms with Gasteiger partial charge in [-0.1, -0.05) is 91.0 Å². The van der Waals surface area contributed by atoms with Crippen LogP contribution in [0.1, 0.15) is 28.3 Å². The molecule has 1 heterocycles. The minimum atomic E-state index is -0.223. The number of hydrogen-bond donors (Lipinski definition) is 0. The summed E-state index contributed by atoms with van der Waals surface area (Å²) in [5, 5.41) is 0. The normalized spacial score (nSPS) is 13.3. The Morgan fingerprint density at radius 3 is 2.03 bits per heavy atom. The molecule has 0 spiro atoms. The van der Waals surface area contributed by atoms with E-state index in [2.05, 4.69) is 35.2 Å². The molecule has 0 fully saturated rings. The van der Waals surface area contributed by atoms with Gasteiger partial charge >= 0.3 is 0 Å². The molecule has 5 rings (SSSR count).